The second kappa shape index (κ2) is 7.37. The summed E-state index contributed by atoms with van der Waals surface area (Å²) in [7, 11) is 0. The van der Waals surface area contributed by atoms with Crippen LogP contribution in [-0.4, -0.2) is 18.7 Å². The molecule has 4 heteroatoms. The van der Waals surface area contributed by atoms with Crippen molar-refractivity contribution in [3.8, 4) is 5.75 Å². The van der Waals surface area contributed by atoms with Crippen LogP contribution < -0.4 is 10.1 Å². The Balaban J connectivity index is 1.80. The molecule has 1 aliphatic rings. The van der Waals surface area contributed by atoms with Gasteiger partial charge in [0, 0.05) is 23.7 Å². The van der Waals surface area contributed by atoms with Gasteiger partial charge in [0.25, 0.3) is 0 Å². The minimum atomic E-state index is 0.0814. The minimum absolute atomic E-state index is 0.0814. The summed E-state index contributed by atoms with van der Waals surface area (Å²) < 4.78 is 5.84. The Morgan fingerprint density at radius 1 is 1.26 bits per heavy atom. The maximum Gasteiger partial charge on any atom is 0.139 e. The normalized spacial score (nSPS) is 18.3. The van der Waals surface area contributed by atoms with Gasteiger partial charge in [0.05, 0.1) is 5.02 Å². The zero-order chi connectivity index (χ0) is 13.7. The highest BCUT2D eigenvalue weighted by atomic mass is 35.5. The summed E-state index contributed by atoms with van der Waals surface area (Å²) in [5.41, 5.74) is 0. The predicted octanol–water partition coefficient (Wildman–Crippen LogP) is 4.68. The molecular formula is C15H21Cl2NO. The highest BCUT2D eigenvalue weighted by Gasteiger charge is 2.14. The van der Waals surface area contributed by atoms with Gasteiger partial charge in [-0.05, 0) is 31.9 Å². The second-order valence-corrected chi connectivity index (χ2v) is 6.09. The highest BCUT2D eigenvalue weighted by Crippen LogP contribution is 2.28. The summed E-state index contributed by atoms with van der Waals surface area (Å²) in [6, 6.07) is 5.94. The van der Waals surface area contributed by atoms with E-state index in [0.717, 1.165) is 6.54 Å². The molecule has 1 atom stereocenters. The first-order valence-corrected chi connectivity index (χ1v) is 7.76. The first-order chi connectivity index (χ1) is 9.15. The van der Waals surface area contributed by atoms with Gasteiger partial charge in [0.15, 0.2) is 0 Å². The summed E-state index contributed by atoms with van der Waals surface area (Å²) >= 11 is 12.0. The lowest BCUT2D eigenvalue weighted by Crippen LogP contribution is -2.37. The molecule has 0 bridgehead atoms. The molecule has 0 radical (unpaired) electrons. The van der Waals surface area contributed by atoms with Gasteiger partial charge >= 0.3 is 0 Å². The molecule has 0 heterocycles. The van der Waals surface area contributed by atoms with E-state index < -0.39 is 0 Å². The maximum absolute atomic E-state index is 6.09. The number of hydrogen-bond donors (Lipinski definition) is 1. The lowest BCUT2D eigenvalue weighted by atomic mass is 9.95. The molecule has 106 valence electrons. The van der Waals surface area contributed by atoms with Gasteiger partial charge in [-0.25, -0.2) is 0 Å². The fourth-order valence-electron chi connectivity index (χ4n) is 2.47. The fourth-order valence-corrected chi connectivity index (χ4v) is 2.79. The highest BCUT2D eigenvalue weighted by molar-refractivity contribution is 6.34. The third-order valence-corrected chi connectivity index (χ3v) is 4.07. The predicted molar refractivity (Wildman–Crippen MR) is 81.4 cm³/mol. The van der Waals surface area contributed by atoms with Gasteiger partial charge in [-0.1, -0.05) is 42.5 Å². The Morgan fingerprint density at radius 2 is 2.00 bits per heavy atom. The molecule has 1 saturated carbocycles. The number of rotatable bonds is 5. The van der Waals surface area contributed by atoms with Crippen molar-refractivity contribution >= 4 is 23.2 Å². The standard InChI is InChI=1S/C15H21Cl2NO/c1-11(10-18-13-5-3-2-4-6-13)19-15-9-12(16)7-8-14(15)17/h7-9,11,13,18H,2-6,10H2,1H3. The monoisotopic (exact) mass is 301 g/mol. The van der Waals surface area contributed by atoms with Crippen LogP contribution in [0.1, 0.15) is 39.0 Å². The Kier molecular flexibility index (Phi) is 5.80. The zero-order valence-electron chi connectivity index (χ0n) is 11.3. The van der Waals surface area contributed by atoms with Gasteiger partial charge < -0.3 is 10.1 Å². The molecular weight excluding hydrogens is 281 g/mol. The fraction of sp³-hybridized carbons (Fsp3) is 0.600. The van der Waals surface area contributed by atoms with Crippen molar-refractivity contribution in [2.75, 3.05) is 6.54 Å². The topological polar surface area (TPSA) is 21.3 Å². The first kappa shape index (κ1) is 15.0. The number of nitrogens with one attached hydrogen (secondary N) is 1. The van der Waals surface area contributed by atoms with Crippen LogP contribution in [0.5, 0.6) is 5.75 Å². The molecule has 1 aliphatic carbocycles. The van der Waals surface area contributed by atoms with Crippen LogP contribution >= 0.6 is 23.2 Å². The zero-order valence-corrected chi connectivity index (χ0v) is 12.8. The van der Waals surface area contributed by atoms with E-state index in [1.54, 1.807) is 18.2 Å². The van der Waals surface area contributed by atoms with Crippen molar-refractivity contribution in [1.29, 1.82) is 0 Å². The molecule has 1 fully saturated rings. The molecule has 0 spiro atoms. The van der Waals surface area contributed by atoms with Crippen LogP contribution in [0, 0.1) is 0 Å². The van der Waals surface area contributed by atoms with E-state index in [-0.39, 0.29) is 6.10 Å². The summed E-state index contributed by atoms with van der Waals surface area (Å²) in [4.78, 5) is 0. The van der Waals surface area contributed by atoms with Gasteiger partial charge in [-0.3, -0.25) is 0 Å². The van der Waals surface area contributed by atoms with Crippen LogP contribution in [0.2, 0.25) is 10.0 Å². The Bertz CT molecular complexity index is 405. The van der Waals surface area contributed by atoms with Crippen LogP contribution in [-0.2, 0) is 0 Å². The lowest BCUT2D eigenvalue weighted by molar-refractivity contribution is 0.205. The Labute approximate surface area is 125 Å². The summed E-state index contributed by atoms with van der Waals surface area (Å²) in [6.07, 6.45) is 6.70. The van der Waals surface area contributed by atoms with E-state index in [9.17, 15) is 0 Å². The van der Waals surface area contributed by atoms with Gasteiger partial charge in [-0.2, -0.15) is 0 Å². The van der Waals surface area contributed by atoms with Crippen molar-refractivity contribution in [2.45, 2.75) is 51.2 Å². The van der Waals surface area contributed by atoms with Crippen LogP contribution in [0.4, 0.5) is 0 Å². The van der Waals surface area contributed by atoms with Gasteiger partial charge in [-0.15, -0.1) is 0 Å². The molecule has 0 aliphatic heterocycles. The van der Waals surface area contributed by atoms with Crippen molar-refractivity contribution in [3.63, 3.8) is 0 Å². The summed E-state index contributed by atoms with van der Waals surface area (Å²) in [5, 5.41) is 4.83. The smallest absolute Gasteiger partial charge is 0.139 e. The molecule has 19 heavy (non-hydrogen) atoms. The Hall–Kier alpha value is -0.440. The maximum atomic E-state index is 6.09. The van der Waals surface area contributed by atoms with E-state index in [1.165, 1.54) is 32.1 Å². The second-order valence-electron chi connectivity index (χ2n) is 5.25. The van der Waals surface area contributed by atoms with Crippen molar-refractivity contribution in [1.82, 2.24) is 5.32 Å². The Morgan fingerprint density at radius 3 is 2.74 bits per heavy atom. The quantitative estimate of drug-likeness (QED) is 0.852. The van der Waals surface area contributed by atoms with Gasteiger partial charge in [0.1, 0.15) is 11.9 Å². The van der Waals surface area contributed by atoms with E-state index in [2.05, 4.69) is 5.32 Å². The SMILES string of the molecule is CC(CNC1CCCCC1)Oc1cc(Cl)ccc1Cl. The molecule has 0 aromatic heterocycles. The van der Waals surface area contributed by atoms with E-state index in [4.69, 9.17) is 27.9 Å². The summed E-state index contributed by atoms with van der Waals surface area (Å²) in [5.74, 6) is 0.659. The van der Waals surface area contributed by atoms with Crippen molar-refractivity contribution in [2.24, 2.45) is 0 Å². The van der Waals surface area contributed by atoms with Crippen LogP contribution in [0.3, 0.4) is 0 Å². The number of ether oxygens (including phenoxy) is 1. The first-order valence-electron chi connectivity index (χ1n) is 7.00. The average molecular weight is 302 g/mol. The average Bonchev–Trinajstić information content (AvgIpc) is 2.42. The largest absolute Gasteiger partial charge is 0.488 e. The molecule has 2 nitrogen and oxygen atoms in total. The van der Waals surface area contributed by atoms with Crippen LogP contribution in [0.15, 0.2) is 18.2 Å². The van der Waals surface area contributed by atoms with E-state index in [0.29, 0.717) is 21.8 Å². The third-order valence-electron chi connectivity index (χ3n) is 3.52. The molecule has 1 N–H and O–H groups in total. The third kappa shape index (κ3) is 4.87. The lowest BCUT2D eigenvalue weighted by Gasteiger charge is -2.25. The number of hydrogen-bond acceptors (Lipinski definition) is 2. The molecule has 0 amide bonds. The minimum Gasteiger partial charge on any atom is -0.488 e. The van der Waals surface area contributed by atoms with Crippen molar-refractivity contribution < 1.29 is 4.74 Å². The molecule has 1 unspecified atom stereocenters. The summed E-state index contributed by atoms with van der Waals surface area (Å²) in [6.45, 7) is 2.89. The van der Waals surface area contributed by atoms with Crippen molar-refractivity contribution in [3.05, 3.63) is 28.2 Å². The molecule has 0 saturated heterocycles. The molecule has 1 aromatic rings. The number of halogens is 2. The van der Waals surface area contributed by atoms with Crippen LogP contribution in [0.25, 0.3) is 0 Å². The van der Waals surface area contributed by atoms with Gasteiger partial charge in [0.2, 0.25) is 0 Å². The number of benzene rings is 1. The molecule has 2 rings (SSSR count). The van der Waals surface area contributed by atoms with E-state index >= 15 is 0 Å². The molecule has 1 aromatic carbocycles. The van der Waals surface area contributed by atoms with E-state index in [1.807, 2.05) is 6.92 Å².